The third-order valence-electron chi connectivity index (χ3n) is 12.4. The average molecular weight is 1310 g/mol. The van der Waals surface area contributed by atoms with Crippen molar-refractivity contribution in [2.45, 2.75) is 67.2 Å². The zero-order chi connectivity index (χ0) is 56.5. The topological polar surface area (TPSA) is 164 Å². The van der Waals surface area contributed by atoms with Gasteiger partial charge in [0.15, 0.2) is 0 Å². The summed E-state index contributed by atoms with van der Waals surface area (Å²) in [7, 11) is 4.34. The van der Waals surface area contributed by atoms with Crippen LogP contribution in [-0.2, 0) is 4.74 Å². The Labute approximate surface area is 515 Å². The summed E-state index contributed by atoms with van der Waals surface area (Å²) in [5.74, 6) is 0. The van der Waals surface area contributed by atoms with Crippen molar-refractivity contribution in [3.63, 3.8) is 0 Å². The first kappa shape index (κ1) is 64.5. The third-order valence-corrected chi connectivity index (χ3v) is 14.0. The van der Waals surface area contributed by atoms with Crippen molar-refractivity contribution >= 4 is 127 Å². The van der Waals surface area contributed by atoms with E-state index >= 15 is 0 Å². The molecular weight excluding hydrogens is 1240 g/mol. The first-order valence-electron chi connectivity index (χ1n) is 26.4. The van der Waals surface area contributed by atoms with Gasteiger partial charge in [-0.15, -0.1) is 0 Å². The normalized spacial score (nSPS) is 14.2. The Morgan fingerprint density at radius 2 is 0.988 bits per heavy atom. The summed E-state index contributed by atoms with van der Waals surface area (Å²) in [4.78, 5) is 39.3. The fraction of sp³-hybridized carbons (Fsp3) is 0.357. The van der Waals surface area contributed by atoms with Crippen LogP contribution in [0.25, 0.3) is 33.8 Å². The molecule has 15 rings (SSSR count). The van der Waals surface area contributed by atoms with Crippen LogP contribution >= 0.6 is 79.5 Å². The third kappa shape index (κ3) is 20.0. The minimum atomic E-state index is 0. The number of fused-ring (bicyclic) bond motifs is 4. The van der Waals surface area contributed by atoms with Crippen LogP contribution in [0.4, 0.5) is 17.1 Å². The summed E-state index contributed by atoms with van der Waals surface area (Å²) in [6.07, 6.45) is 33.7. The van der Waals surface area contributed by atoms with E-state index in [2.05, 4.69) is 179 Å². The van der Waals surface area contributed by atoms with E-state index in [1.807, 2.05) is 59.8 Å². The van der Waals surface area contributed by atoms with E-state index < -0.39 is 0 Å². The maximum absolute atomic E-state index is 6.21. The summed E-state index contributed by atoms with van der Waals surface area (Å²) < 4.78 is 24.1. The number of nitrogens with one attached hydrogen (secondary N) is 1. The molecule has 1 N–H and O–H groups in total. The Balaban J connectivity index is 0.000000179. The number of anilines is 3. The molecule has 0 aromatic carbocycles. The zero-order valence-corrected chi connectivity index (χ0v) is 50.0. The molecule has 5 saturated heterocycles. The van der Waals surface area contributed by atoms with Gasteiger partial charge in [-0.3, -0.25) is 8.80 Å². The molecule has 0 amide bonds. The van der Waals surface area contributed by atoms with E-state index in [-0.39, 0.29) is 25.4 Å². The number of hydrogen-bond donors (Lipinski definition) is 2. The fourth-order valence-electron chi connectivity index (χ4n) is 7.64. The van der Waals surface area contributed by atoms with Crippen LogP contribution in [0.2, 0.25) is 15.6 Å². The predicted molar refractivity (Wildman–Crippen MR) is 344 cm³/mol. The molecule has 0 bridgehead atoms. The van der Waals surface area contributed by atoms with Crippen molar-refractivity contribution in [2.24, 2.45) is 4.30 Å². The van der Waals surface area contributed by atoms with Crippen molar-refractivity contribution < 1.29 is 6.11 Å². The summed E-state index contributed by atoms with van der Waals surface area (Å²) >= 11 is 26.5. The molecule has 0 aliphatic carbocycles. The van der Waals surface area contributed by atoms with Gasteiger partial charge in [0.2, 0.25) is 10.6 Å². The van der Waals surface area contributed by atoms with Crippen molar-refractivity contribution in [1.29, 1.82) is 0 Å². The molecule has 0 unspecified atom stereocenters. The van der Waals surface area contributed by atoms with Gasteiger partial charge >= 0.3 is 24.8 Å². The molecule has 1 radical (unpaired) electrons. The van der Waals surface area contributed by atoms with Gasteiger partial charge in [-0.1, -0.05) is 40.3 Å². The van der Waals surface area contributed by atoms with Crippen molar-refractivity contribution in [1.82, 2.24) is 62.8 Å². The number of pyridine rings is 4. The predicted octanol–water partition coefficient (Wildman–Crippen LogP) is 13.6. The summed E-state index contributed by atoms with van der Waals surface area (Å²) in [5.41, 5.74) is 9.58. The number of imidazole rings is 4. The van der Waals surface area contributed by atoms with Crippen LogP contribution in [0.3, 0.4) is 0 Å². The molecule has 0 saturated carbocycles. The van der Waals surface area contributed by atoms with E-state index in [4.69, 9.17) is 40.9 Å². The molecule has 25 heteroatoms. The van der Waals surface area contributed by atoms with Gasteiger partial charge in [0, 0.05) is 126 Å². The van der Waals surface area contributed by atoms with Crippen LogP contribution < -0.4 is 20.0 Å². The fourth-order valence-corrected chi connectivity index (χ4v) is 8.67. The molecule has 0 atom stereocenters. The van der Waals surface area contributed by atoms with Gasteiger partial charge in [0.1, 0.15) is 27.2 Å². The number of thiol groups is 1. The average Bonchev–Trinajstić information content (AvgIpc) is 4.37. The molecule has 429 valence electrons. The van der Waals surface area contributed by atoms with Crippen LogP contribution in [0.1, 0.15) is 68.6 Å². The molecule has 10 aromatic rings. The number of ether oxygens (including phenoxy) is 1. The molecule has 5 fully saturated rings. The van der Waals surface area contributed by atoms with E-state index in [1.54, 1.807) is 25.5 Å². The molecule has 15 heterocycles. The van der Waals surface area contributed by atoms with Gasteiger partial charge in [-0.2, -0.15) is 0 Å². The molecule has 5 aliphatic heterocycles. The summed E-state index contributed by atoms with van der Waals surface area (Å²) in [5, 5.41) is 4.08. The van der Waals surface area contributed by atoms with E-state index in [0.717, 1.165) is 69.2 Å². The molecule has 0 spiro atoms. The Morgan fingerprint density at radius 1 is 0.568 bits per heavy atom. The maximum atomic E-state index is 6.21. The van der Waals surface area contributed by atoms with E-state index in [1.165, 1.54) is 107 Å². The molecule has 81 heavy (non-hydrogen) atoms. The van der Waals surface area contributed by atoms with Crippen LogP contribution in [0.5, 0.6) is 0 Å². The largest absolute Gasteiger partial charge is 0.370 e. The molecule has 18 nitrogen and oxygen atoms in total. The number of nitrogens with zero attached hydrogens (tertiary/aromatic N) is 16. The first-order valence-corrected chi connectivity index (χ1v) is 28.8. The monoisotopic (exact) mass is 1300 g/mol. The smallest absolute Gasteiger partial charge is 0.136 e. The van der Waals surface area contributed by atoms with E-state index in [9.17, 15) is 0 Å². The zero-order valence-electron chi connectivity index (χ0n) is 44.7. The quantitative estimate of drug-likeness (QED) is 0.0973. The van der Waals surface area contributed by atoms with Crippen LogP contribution in [-0.4, -0.2) is 131 Å². The molecular formula is C56H70BBr2Cl3N17OS. The first-order chi connectivity index (χ1) is 39.1. The second kappa shape index (κ2) is 35.3. The van der Waals surface area contributed by atoms with Crippen molar-refractivity contribution in [3.8, 4) is 11.3 Å². The number of halogens is 5. The molecule has 10 aromatic heterocycles. The van der Waals surface area contributed by atoms with E-state index in [0.29, 0.717) is 11.9 Å². The van der Waals surface area contributed by atoms with Crippen LogP contribution in [0.15, 0.2) is 149 Å². The minimum absolute atomic E-state index is 0. The molecule has 5 aliphatic rings. The second-order valence-electron chi connectivity index (χ2n) is 17.5. The second-order valence-corrected chi connectivity index (χ2v) is 20.6. The Hall–Kier alpha value is -5.72. The van der Waals surface area contributed by atoms with Crippen LogP contribution in [0, 0.1) is 0 Å². The number of rotatable bonds is 4. The Morgan fingerprint density at radius 3 is 1.43 bits per heavy atom. The SMILES string of the molecule is Brc1ccc2nccn2c1.Brc1cnc2ccc(N3CCC3)cn12.C.C.C1CCOC1.C1CNC1.Clc1cnc(Cl)nc1.Clc1ncc(-c2cnc3ccc(N4CCC4)cn23)cn1.[2H]CC.[B]=NS.c1cn2cc(N3CCC3)ccc2n1. The van der Waals surface area contributed by atoms with Gasteiger partial charge in [0.05, 0.1) is 52.6 Å². The number of hydrogen-bond acceptors (Lipinski definition) is 15. The summed E-state index contributed by atoms with van der Waals surface area (Å²) in [6.45, 7) is 13.8. The number of aromatic nitrogens is 12. The summed E-state index contributed by atoms with van der Waals surface area (Å²) in [6, 6.07) is 16.5. The Bertz CT molecular complexity index is 3380. The standard InChI is InChI=1S/C14H12ClN5.C10H10BrN3.C10H11N3.C7H5BrN2.C4H2Cl2N2.C4H8O.C3H7N.C2H6.2CH4.BHNS/c15-14-17-6-10(7-18-14)12-8-16-13-3-2-11(9-20(12)13)19-4-1-5-19;11-9-6-12-10-3-2-8(7-14(9)10)13-4-1-5-13;1-5-12(6-1)9-2-3-10-11-4-7-13(10)8-9;8-6-1-2-7-9-3-4-10(7)5-6;5-3-1-7-4(6)8-2-3;1-2-4-5-3-1;1-2-4-3-1;1-2;;;1-2-3/h2-3,6-9H,1,4-5H2;2-3,6-7H,1,4-5H2;2-4,7-8H,1,5-6H2;1-5H;1-2H;1-4H2;4H,1-3H2;1-2H3;2*1H4;3H/i;;;;;;;1D;;;. The van der Waals surface area contributed by atoms with Gasteiger partial charge in [-0.25, -0.2) is 39.9 Å². The maximum Gasteiger partial charge on any atom is 0.136 e. The minimum Gasteiger partial charge on any atom is -0.370 e. The van der Waals surface area contributed by atoms with Crippen molar-refractivity contribution in [3.05, 3.63) is 160 Å². The van der Waals surface area contributed by atoms with Gasteiger partial charge in [0.25, 0.3) is 0 Å². The Kier molecular flexibility index (Phi) is 28.1. The van der Waals surface area contributed by atoms with Gasteiger partial charge in [-0.05, 0) is 155 Å². The van der Waals surface area contributed by atoms with Crippen molar-refractivity contribution in [2.75, 3.05) is 80.3 Å². The van der Waals surface area contributed by atoms with Gasteiger partial charge < -0.3 is 33.6 Å².